The van der Waals surface area contributed by atoms with Gasteiger partial charge in [-0.3, -0.25) is 4.98 Å². The molecule has 210 valence electrons. The van der Waals surface area contributed by atoms with Crippen molar-refractivity contribution in [2.45, 2.75) is 19.9 Å². The van der Waals surface area contributed by atoms with Crippen molar-refractivity contribution in [3.05, 3.63) is 157 Å². The molecule has 1 atom stereocenters. The van der Waals surface area contributed by atoms with Crippen molar-refractivity contribution in [3.8, 4) is 33.4 Å². The predicted octanol–water partition coefficient (Wildman–Crippen LogP) is 10.7. The molecule has 0 spiro atoms. The summed E-state index contributed by atoms with van der Waals surface area (Å²) in [5.74, 6) is 0. The van der Waals surface area contributed by atoms with Crippen molar-refractivity contribution in [1.82, 2.24) is 10.3 Å². The molecule has 0 fully saturated rings. The largest absolute Gasteiger partial charge is 0.384 e. The number of nitrogens with one attached hydrogen (secondary N) is 1. The zero-order valence-corrected chi connectivity index (χ0v) is 24.9. The van der Waals surface area contributed by atoms with E-state index in [1.165, 1.54) is 76.8 Å². The van der Waals surface area contributed by atoms with E-state index < -0.39 is 0 Å². The van der Waals surface area contributed by atoms with Crippen molar-refractivity contribution < 1.29 is 0 Å². The summed E-state index contributed by atoms with van der Waals surface area (Å²) in [4.78, 5) is 4.52. The molecule has 2 nitrogen and oxygen atoms in total. The third kappa shape index (κ3) is 4.47. The van der Waals surface area contributed by atoms with Crippen LogP contribution in [0.2, 0.25) is 0 Å². The minimum atomic E-state index is 0.279. The molecule has 0 radical (unpaired) electrons. The van der Waals surface area contributed by atoms with E-state index >= 15 is 0 Å². The van der Waals surface area contributed by atoms with Gasteiger partial charge in [-0.2, -0.15) is 0 Å². The first-order valence-corrected chi connectivity index (χ1v) is 15.3. The van der Waals surface area contributed by atoms with Crippen LogP contribution in [0.5, 0.6) is 0 Å². The lowest BCUT2D eigenvalue weighted by atomic mass is 9.89. The number of allylic oxidation sites excluding steroid dienone is 2. The van der Waals surface area contributed by atoms with Crippen LogP contribution in [-0.2, 0) is 0 Å². The van der Waals surface area contributed by atoms with Crippen molar-refractivity contribution >= 4 is 37.9 Å². The lowest BCUT2D eigenvalue weighted by Gasteiger charge is -2.20. The van der Waals surface area contributed by atoms with Crippen LogP contribution in [0.15, 0.2) is 146 Å². The zero-order chi connectivity index (χ0) is 29.6. The molecule has 0 bridgehead atoms. The Morgan fingerprint density at radius 1 is 0.523 bits per heavy atom. The van der Waals surface area contributed by atoms with E-state index in [4.69, 9.17) is 0 Å². The summed E-state index contributed by atoms with van der Waals surface area (Å²) in [6, 6.07) is 44.9. The van der Waals surface area contributed by atoms with E-state index in [-0.39, 0.29) is 6.04 Å². The number of pyridine rings is 1. The minimum Gasteiger partial charge on any atom is -0.384 e. The number of fused-ring (bicyclic) bond motifs is 6. The van der Waals surface area contributed by atoms with E-state index in [9.17, 15) is 0 Å². The summed E-state index contributed by atoms with van der Waals surface area (Å²) in [5, 5.41) is 11.1. The second-order valence-corrected chi connectivity index (χ2v) is 11.7. The Labute approximate surface area is 258 Å². The number of aryl methyl sites for hydroxylation is 1. The number of rotatable bonds is 4. The van der Waals surface area contributed by atoms with Crippen molar-refractivity contribution in [1.29, 1.82) is 0 Å². The summed E-state index contributed by atoms with van der Waals surface area (Å²) < 4.78 is 0. The van der Waals surface area contributed by atoms with Crippen LogP contribution in [0.25, 0.3) is 71.3 Å². The van der Waals surface area contributed by atoms with Gasteiger partial charge in [-0.1, -0.05) is 97.1 Å². The Kier molecular flexibility index (Phi) is 6.34. The number of hydrogen-bond donors (Lipinski definition) is 1. The van der Waals surface area contributed by atoms with Crippen LogP contribution >= 0.6 is 0 Å². The molecule has 0 saturated carbocycles. The molecule has 1 N–H and O–H groups in total. The van der Waals surface area contributed by atoms with Crippen molar-refractivity contribution in [3.63, 3.8) is 0 Å². The molecule has 1 aliphatic rings. The van der Waals surface area contributed by atoms with E-state index in [2.05, 4.69) is 152 Å². The number of hydrogen-bond acceptors (Lipinski definition) is 2. The van der Waals surface area contributed by atoms with Gasteiger partial charge >= 0.3 is 0 Å². The predicted molar refractivity (Wildman–Crippen MR) is 188 cm³/mol. The molecule has 2 heterocycles. The van der Waals surface area contributed by atoms with E-state index in [0.29, 0.717) is 0 Å². The molecular formula is C42H32N2. The Balaban J connectivity index is 1.32. The van der Waals surface area contributed by atoms with Gasteiger partial charge in [0, 0.05) is 23.5 Å². The molecule has 0 saturated heterocycles. The maximum atomic E-state index is 4.52. The quantitative estimate of drug-likeness (QED) is 0.215. The number of dihydropyridines is 1. The summed E-state index contributed by atoms with van der Waals surface area (Å²) in [6.07, 6.45) is 8.17. The summed E-state index contributed by atoms with van der Waals surface area (Å²) in [7, 11) is 0. The molecule has 44 heavy (non-hydrogen) atoms. The molecule has 7 aromatic rings. The van der Waals surface area contributed by atoms with Gasteiger partial charge in [0.1, 0.15) is 0 Å². The Morgan fingerprint density at radius 2 is 1.09 bits per heavy atom. The first-order chi connectivity index (χ1) is 21.6. The number of aromatic nitrogens is 1. The van der Waals surface area contributed by atoms with Gasteiger partial charge in [0.2, 0.25) is 0 Å². The van der Waals surface area contributed by atoms with Gasteiger partial charge in [-0.15, -0.1) is 0 Å². The normalized spacial score (nSPS) is 14.6. The molecular weight excluding hydrogens is 532 g/mol. The van der Waals surface area contributed by atoms with E-state index in [0.717, 1.165) is 5.69 Å². The fourth-order valence-corrected chi connectivity index (χ4v) is 6.78. The summed E-state index contributed by atoms with van der Waals surface area (Å²) >= 11 is 0. The fraction of sp³-hybridized carbons (Fsp3) is 0.0714. The van der Waals surface area contributed by atoms with Gasteiger partial charge in [-0.05, 0) is 128 Å². The van der Waals surface area contributed by atoms with Crippen molar-refractivity contribution in [2.24, 2.45) is 0 Å². The average Bonchev–Trinajstić information content (AvgIpc) is 3.08. The maximum absolute atomic E-state index is 4.52. The SMILES string of the molecule is Cc1ncccc1-c1cccc(-c2ccc3c4ccccc4c4ccc(-c5cccc(C6=CC=CNC6C)c5)cc4c3c2)c1. The Bertz CT molecular complexity index is 2290. The van der Waals surface area contributed by atoms with Crippen LogP contribution in [0.3, 0.4) is 0 Å². The molecule has 1 aliphatic heterocycles. The fourth-order valence-electron chi connectivity index (χ4n) is 6.78. The first-order valence-electron chi connectivity index (χ1n) is 15.3. The first kappa shape index (κ1) is 26.2. The summed E-state index contributed by atoms with van der Waals surface area (Å²) in [6.45, 7) is 4.28. The van der Waals surface area contributed by atoms with Crippen LogP contribution in [0.1, 0.15) is 18.2 Å². The van der Waals surface area contributed by atoms with Crippen LogP contribution in [0.4, 0.5) is 0 Å². The zero-order valence-electron chi connectivity index (χ0n) is 24.9. The molecule has 8 rings (SSSR count). The van der Waals surface area contributed by atoms with Gasteiger partial charge in [0.25, 0.3) is 0 Å². The molecule has 0 aliphatic carbocycles. The van der Waals surface area contributed by atoms with Gasteiger partial charge in [0.05, 0.1) is 0 Å². The van der Waals surface area contributed by atoms with Gasteiger partial charge < -0.3 is 5.32 Å². The topological polar surface area (TPSA) is 24.9 Å². The monoisotopic (exact) mass is 564 g/mol. The molecule has 2 heteroatoms. The third-order valence-corrected chi connectivity index (χ3v) is 9.06. The molecule has 6 aromatic carbocycles. The van der Waals surface area contributed by atoms with E-state index in [1.807, 2.05) is 18.5 Å². The second kappa shape index (κ2) is 10.7. The average molecular weight is 565 g/mol. The van der Waals surface area contributed by atoms with Gasteiger partial charge in [0.15, 0.2) is 0 Å². The molecule has 1 unspecified atom stereocenters. The van der Waals surface area contributed by atoms with E-state index in [1.54, 1.807) is 0 Å². The minimum absolute atomic E-state index is 0.279. The van der Waals surface area contributed by atoms with Crippen LogP contribution < -0.4 is 5.32 Å². The van der Waals surface area contributed by atoms with Gasteiger partial charge in [-0.25, -0.2) is 0 Å². The maximum Gasteiger partial charge on any atom is 0.0486 e. The lowest BCUT2D eigenvalue weighted by molar-refractivity contribution is 0.779. The highest BCUT2D eigenvalue weighted by molar-refractivity contribution is 6.26. The van der Waals surface area contributed by atoms with Crippen LogP contribution in [-0.4, -0.2) is 11.0 Å². The smallest absolute Gasteiger partial charge is 0.0486 e. The highest BCUT2D eigenvalue weighted by Gasteiger charge is 2.14. The van der Waals surface area contributed by atoms with Crippen LogP contribution in [0, 0.1) is 6.92 Å². The lowest BCUT2D eigenvalue weighted by Crippen LogP contribution is -2.23. The second-order valence-electron chi connectivity index (χ2n) is 11.7. The molecule has 0 amide bonds. The standard InChI is InChI=1S/C42H32N2/c1-27-35(15-7-21-43-27)33-11-5-9-29(23-33)31-17-19-39-37-13-3-4-14-38(37)40-20-18-32(26-42(40)41(39)25-31)30-10-6-12-34(24-30)36-16-8-22-44-28(36)2/h3-27,43H,1-2H3. The highest BCUT2D eigenvalue weighted by atomic mass is 14.9. The Hall–Kier alpha value is -5.47. The summed E-state index contributed by atoms with van der Waals surface area (Å²) in [5.41, 5.74) is 10.8. The number of nitrogens with zero attached hydrogens (tertiary/aromatic N) is 1. The highest BCUT2D eigenvalue weighted by Crippen LogP contribution is 2.40. The van der Waals surface area contributed by atoms with Crippen molar-refractivity contribution in [2.75, 3.05) is 0 Å². The third-order valence-electron chi connectivity index (χ3n) is 9.06. The Morgan fingerprint density at radius 3 is 1.73 bits per heavy atom. The number of benzene rings is 6. The molecule has 1 aromatic heterocycles.